The molecule has 2 rings (SSSR count). The molecule has 0 aliphatic heterocycles. The third-order valence-corrected chi connectivity index (χ3v) is 2.46. The van der Waals surface area contributed by atoms with Crippen LogP contribution in [0.4, 0.5) is 0 Å². The monoisotopic (exact) mass is 216 g/mol. The van der Waals surface area contributed by atoms with Gasteiger partial charge in [0.1, 0.15) is 17.9 Å². The molecule has 6 heteroatoms. The first-order valence-electron chi connectivity index (χ1n) is 5.14. The first-order valence-corrected chi connectivity index (χ1v) is 5.14. The SMILES string of the molecule is CC(C#N)(Cn1cnc(C#N)n1)NC1CC1. The Kier molecular flexibility index (Phi) is 2.59. The van der Waals surface area contributed by atoms with Crippen LogP contribution < -0.4 is 5.32 Å². The van der Waals surface area contributed by atoms with Crippen LogP contribution in [-0.2, 0) is 6.54 Å². The molecule has 1 unspecified atom stereocenters. The van der Waals surface area contributed by atoms with Crippen LogP contribution in [0.15, 0.2) is 6.33 Å². The van der Waals surface area contributed by atoms with E-state index in [4.69, 9.17) is 10.5 Å². The van der Waals surface area contributed by atoms with Crippen molar-refractivity contribution in [2.24, 2.45) is 0 Å². The van der Waals surface area contributed by atoms with E-state index in [1.807, 2.05) is 13.0 Å². The van der Waals surface area contributed by atoms with Gasteiger partial charge in [0.2, 0.25) is 0 Å². The number of rotatable bonds is 4. The molecular formula is C10H12N6. The fourth-order valence-corrected chi connectivity index (χ4v) is 1.54. The number of hydrogen-bond acceptors (Lipinski definition) is 5. The second-order valence-corrected chi connectivity index (χ2v) is 4.24. The first-order chi connectivity index (χ1) is 7.65. The Bertz CT molecular complexity index is 460. The van der Waals surface area contributed by atoms with E-state index >= 15 is 0 Å². The van der Waals surface area contributed by atoms with Gasteiger partial charge in [0.15, 0.2) is 0 Å². The molecule has 0 spiro atoms. The molecule has 0 aromatic carbocycles. The second kappa shape index (κ2) is 3.92. The van der Waals surface area contributed by atoms with Crippen molar-refractivity contribution in [1.29, 1.82) is 10.5 Å². The Morgan fingerprint density at radius 1 is 1.62 bits per heavy atom. The molecule has 1 N–H and O–H groups in total. The van der Waals surface area contributed by atoms with Gasteiger partial charge in [-0.2, -0.15) is 10.5 Å². The molecular weight excluding hydrogens is 204 g/mol. The summed E-state index contributed by atoms with van der Waals surface area (Å²) in [5.74, 6) is 0.131. The van der Waals surface area contributed by atoms with Crippen LogP contribution in [0.3, 0.4) is 0 Å². The van der Waals surface area contributed by atoms with Crippen molar-refractivity contribution in [3.8, 4) is 12.1 Å². The summed E-state index contributed by atoms with van der Waals surface area (Å²) in [4.78, 5) is 3.80. The van der Waals surface area contributed by atoms with Crippen LogP contribution in [0.5, 0.6) is 0 Å². The number of hydrogen-bond donors (Lipinski definition) is 1. The molecule has 1 aliphatic rings. The summed E-state index contributed by atoms with van der Waals surface area (Å²) in [6.45, 7) is 2.23. The zero-order chi connectivity index (χ0) is 11.6. The van der Waals surface area contributed by atoms with E-state index < -0.39 is 5.54 Å². The quantitative estimate of drug-likeness (QED) is 0.775. The maximum Gasteiger partial charge on any atom is 0.252 e. The smallest absolute Gasteiger partial charge is 0.252 e. The molecule has 1 aromatic rings. The van der Waals surface area contributed by atoms with Crippen LogP contribution in [0.2, 0.25) is 0 Å². The van der Waals surface area contributed by atoms with Crippen molar-refractivity contribution in [1.82, 2.24) is 20.1 Å². The minimum Gasteiger partial charge on any atom is -0.295 e. The molecule has 1 heterocycles. The number of nitrogens with one attached hydrogen (secondary N) is 1. The normalized spacial score (nSPS) is 18.4. The molecule has 0 bridgehead atoms. The first kappa shape index (κ1) is 10.6. The second-order valence-electron chi connectivity index (χ2n) is 4.24. The van der Waals surface area contributed by atoms with Gasteiger partial charge in [-0.1, -0.05) is 0 Å². The third kappa shape index (κ3) is 2.36. The van der Waals surface area contributed by atoms with Gasteiger partial charge in [-0.25, -0.2) is 9.67 Å². The number of nitriles is 2. The highest BCUT2D eigenvalue weighted by molar-refractivity contribution is 5.09. The summed E-state index contributed by atoms with van der Waals surface area (Å²) >= 11 is 0. The molecule has 6 nitrogen and oxygen atoms in total. The van der Waals surface area contributed by atoms with Gasteiger partial charge >= 0.3 is 0 Å². The van der Waals surface area contributed by atoms with Crippen molar-refractivity contribution in [2.75, 3.05) is 0 Å². The zero-order valence-corrected chi connectivity index (χ0v) is 9.01. The van der Waals surface area contributed by atoms with E-state index in [0.717, 1.165) is 12.8 Å². The fourth-order valence-electron chi connectivity index (χ4n) is 1.54. The molecule has 0 saturated heterocycles. The minimum absolute atomic E-state index is 0.131. The molecule has 0 radical (unpaired) electrons. The maximum atomic E-state index is 9.15. The standard InChI is InChI=1S/C10H12N6/c1-10(5-12,14-8-2-3-8)6-16-7-13-9(4-11)15-16/h7-8,14H,2-3,6H2,1H3. The van der Waals surface area contributed by atoms with Crippen LogP contribution in [0.25, 0.3) is 0 Å². The molecule has 1 atom stereocenters. The molecule has 0 amide bonds. The van der Waals surface area contributed by atoms with E-state index in [1.54, 1.807) is 0 Å². The zero-order valence-electron chi connectivity index (χ0n) is 9.01. The van der Waals surface area contributed by atoms with Crippen LogP contribution in [-0.4, -0.2) is 26.3 Å². The summed E-state index contributed by atoms with van der Waals surface area (Å²) < 4.78 is 1.52. The Labute approximate surface area is 93.5 Å². The fraction of sp³-hybridized carbons (Fsp3) is 0.600. The summed E-state index contributed by atoms with van der Waals surface area (Å²) in [6, 6.07) is 4.55. The lowest BCUT2D eigenvalue weighted by atomic mass is 10.1. The summed E-state index contributed by atoms with van der Waals surface area (Å²) in [6.07, 6.45) is 3.72. The van der Waals surface area contributed by atoms with E-state index in [0.29, 0.717) is 12.6 Å². The highest BCUT2D eigenvalue weighted by atomic mass is 15.3. The van der Waals surface area contributed by atoms with Gasteiger partial charge in [0.05, 0.1) is 12.6 Å². The van der Waals surface area contributed by atoms with Crippen molar-refractivity contribution < 1.29 is 0 Å². The highest BCUT2D eigenvalue weighted by Crippen LogP contribution is 2.22. The van der Waals surface area contributed by atoms with Crippen molar-refractivity contribution in [3.05, 3.63) is 12.2 Å². The lowest BCUT2D eigenvalue weighted by Crippen LogP contribution is -2.46. The molecule has 1 fully saturated rings. The molecule has 1 aromatic heterocycles. The Morgan fingerprint density at radius 3 is 2.88 bits per heavy atom. The van der Waals surface area contributed by atoms with E-state index in [1.165, 1.54) is 11.0 Å². The minimum atomic E-state index is -0.651. The lowest BCUT2D eigenvalue weighted by Gasteiger charge is -2.22. The number of nitrogens with zero attached hydrogens (tertiary/aromatic N) is 5. The highest BCUT2D eigenvalue weighted by Gasteiger charge is 2.33. The van der Waals surface area contributed by atoms with Crippen molar-refractivity contribution in [3.63, 3.8) is 0 Å². The van der Waals surface area contributed by atoms with Gasteiger partial charge in [-0.05, 0) is 19.8 Å². The summed E-state index contributed by atoms with van der Waals surface area (Å²) in [5, 5.41) is 24.9. The summed E-state index contributed by atoms with van der Waals surface area (Å²) in [7, 11) is 0. The van der Waals surface area contributed by atoms with Crippen molar-refractivity contribution >= 4 is 0 Å². The van der Waals surface area contributed by atoms with Crippen LogP contribution in [0, 0.1) is 22.7 Å². The van der Waals surface area contributed by atoms with E-state index in [2.05, 4.69) is 21.5 Å². The maximum absolute atomic E-state index is 9.15. The van der Waals surface area contributed by atoms with Gasteiger partial charge in [0, 0.05) is 6.04 Å². The van der Waals surface area contributed by atoms with Gasteiger partial charge in [-0.3, -0.25) is 5.32 Å². The Morgan fingerprint density at radius 2 is 2.38 bits per heavy atom. The molecule has 1 saturated carbocycles. The molecule has 82 valence electrons. The molecule has 1 aliphatic carbocycles. The topological polar surface area (TPSA) is 90.3 Å². The number of aromatic nitrogens is 3. The van der Waals surface area contributed by atoms with Crippen LogP contribution in [0.1, 0.15) is 25.6 Å². The average Bonchev–Trinajstić information content (AvgIpc) is 2.95. The van der Waals surface area contributed by atoms with E-state index in [-0.39, 0.29) is 5.82 Å². The van der Waals surface area contributed by atoms with Crippen molar-refractivity contribution in [2.45, 2.75) is 37.9 Å². The van der Waals surface area contributed by atoms with Gasteiger partial charge < -0.3 is 0 Å². The lowest BCUT2D eigenvalue weighted by molar-refractivity contribution is 0.366. The van der Waals surface area contributed by atoms with Gasteiger partial charge in [-0.15, -0.1) is 5.10 Å². The molecule has 16 heavy (non-hydrogen) atoms. The third-order valence-electron chi connectivity index (χ3n) is 2.46. The predicted octanol–water partition coefficient (Wildman–Crippen LogP) is 0.184. The van der Waals surface area contributed by atoms with E-state index in [9.17, 15) is 0 Å². The largest absolute Gasteiger partial charge is 0.295 e. The predicted molar refractivity (Wildman–Crippen MR) is 54.9 cm³/mol. The Balaban J connectivity index is 2.05. The Hall–Kier alpha value is -1.92. The van der Waals surface area contributed by atoms with Gasteiger partial charge in [0.25, 0.3) is 5.82 Å². The van der Waals surface area contributed by atoms with Crippen LogP contribution >= 0.6 is 0 Å². The summed E-state index contributed by atoms with van der Waals surface area (Å²) in [5.41, 5.74) is -0.651. The average molecular weight is 216 g/mol.